The zero-order valence-corrected chi connectivity index (χ0v) is 17.1. The molecule has 2 heterocycles. The first-order valence-corrected chi connectivity index (χ1v) is 11.1. The van der Waals surface area contributed by atoms with Crippen LogP contribution < -0.4 is 5.32 Å². The molecule has 2 saturated heterocycles. The maximum Gasteiger partial charge on any atom is 0.325 e. The highest BCUT2D eigenvalue weighted by molar-refractivity contribution is 6.07. The summed E-state index contributed by atoms with van der Waals surface area (Å²) in [7, 11) is 0. The van der Waals surface area contributed by atoms with Crippen molar-refractivity contribution in [3.05, 3.63) is 35.9 Å². The van der Waals surface area contributed by atoms with Crippen molar-refractivity contribution in [2.45, 2.75) is 75.8 Å². The number of aryl methyl sites for hydroxylation is 1. The fourth-order valence-electron chi connectivity index (χ4n) is 5.17. The van der Waals surface area contributed by atoms with Gasteiger partial charge in [0.05, 0.1) is 0 Å². The second kappa shape index (κ2) is 8.56. The van der Waals surface area contributed by atoms with Crippen LogP contribution >= 0.6 is 0 Å². The van der Waals surface area contributed by atoms with Crippen LogP contribution in [0.1, 0.15) is 63.4 Å². The van der Waals surface area contributed by atoms with Crippen LogP contribution in [-0.2, 0) is 16.0 Å². The second-order valence-electron chi connectivity index (χ2n) is 8.69. The van der Waals surface area contributed by atoms with Crippen LogP contribution in [0.15, 0.2) is 30.3 Å². The molecule has 3 fully saturated rings. The molecule has 0 aromatic heterocycles. The molecular formula is C23H31N3O3. The van der Waals surface area contributed by atoms with Crippen LogP contribution in [0, 0.1) is 0 Å². The summed E-state index contributed by atoms with van der Waals surface area (Å²) in [5, 5.41) is 2.90. The average molecular weight is 398 g/mol. The van der Waals surface area contributed by atoms with Crippen LogP contribution in [0.3, 0.4) is 0 Å². The van der Waals surface area contributed by atoms with E-state index in [1.807, 2.05) is 11.0 Å². The number of benzene rings is 1. The van der Waals surface area contributed by atoms with Crippen molar-refractivity contribution in [3.63, 3.8) is 0 Å². The number of carbonyl (C=O) groups is 3. The minimum atomic E-state index is -0.654. The van der Waals surface area contributed by atoms with Crippen molar-refractivity contribution in [1.82, 2.24) is 15.1 Å². The highest BCUT2D eigenvalue weighted by Crippen LogP contribution is 2.35. The van der Waals surface area contributed by atoms with Gasteiger partial charge in [-0.1, -0.05) is 43.2 Å². The van der Waals surface area contributed by atoms with E-state index in [4.69, 9.17) is 0 Å². The molecule has 29 heavy (non-hydrogen) atoms. The standard InChI is InChI=1S/C23H31N3O3/c27-20(25-16-6-10-19(25)13-12-18-8-2-1-3-9-18)11-7-17-26-21(28)23(24-22(26)29)14-4-5-15-23/h1-3,8-9,19H,4-7,10-17H2,(H,24,29). The maximum absolute atomic E-state index is 12.8. The van der Waals surface area contributed by atoms with Crippen molar-refractivity contribution in [3.8, 4) is 0 Å². The SMILES string of the molecule is O=C1NC2(CCCC2)C(=O)N1CCCC(=O)N1CCCC1CCc1ccccc1. The van der Waals surface area contributed by atoms with Crippen molar-refractivity contribution in [1.29, 1.82) is 0 Å². The first-order chi connectivity index (χ1) is 14.1. The summed E-state index contributed by atoms with van der Waals surface area (Å²) in [6.45, 7) is 1.16. The van der Waals surface area contributed by atoms with Crippen LogP contribution in [0.5, 0.6) is 0 Å². The van der Waals surface area contributed by atoms with Gasteiger partial charge in [0, 0.05) is 25.6 Å². The van der Waals surface area contributed by atoms with Crippen LogP contribution in [0.4, 0.5) is 4.79 Å². The molecule has 6 heteroatoms. The molecule has 0 radical (unpaired) electrons. The summed E-state index contributed by atoms with van der Waals surface area (Å²) in [5.41, 5.74) is 0.657. The van der Waals surface area contributed by atoms with E-state index in [-0.39, 0.29) is 17.8 Å². The minimum absolute atomic E-state index is 0.0886. The molecule has 1 aromatic carbocycles. The first-order valence-electron chi connectivity index (χ1n) is 11.1. The third-order valence-corrected chi connectivity index (χ3v) is 6.78. The molecule has 0 bridgehead atoms. The number of amides is 4. The lowest BCUT2D eigenvalue weighted by Gasteiger charge is -2.25. The Morgan fingerprint density at radius 1 is 1.10 bits per heavy atom. The Kier molecular flexibility index (Phi) is 5.88. The Morgan fingerprint density at radius 2 is 1.86 bits per heavy atom. The molecule has 1 unspecified atom stereocenters. The summed E-state index contributed by atoms with van der Waals surface area (Å²) in [6.07, 6.45) is 8.48. The summed E-state index contributed by atoms with van der Waals surface area (Å²) in [5.74, 6) is 0.0672. The number of likely N-dealkylation sites (tertiary alicyclic amines) is 1. The normalized spacial score (nSPS) is 23.2. The Labute approximate surface area is 172 Å². The van der Waals surface area contributed by atoms with Gasteiger partial charge in [-0.25, -0.2) is 4.79 Å². The summed E-state index contributed by atoms with van der Waals surface area (Å²) < 4.78 is 0. The van der Waals surface area contributed by atoms with Crippen molar-refractivity contribution in [2.24, 2.45) is 0 Å². The molecule has 4 amide bonds. The van der Waals surface area contributed by atoms with Gasteiger partial charge >= 0.3 is 6.03 Å². The molecule has 1 aromatic rings. The third-order valence-electron chi connectivity index (χ3n) is 6.78. The monoisotopic (exact) mass is 397 g/mol. The van der Waals surface area contributed by atoms with E-state index in [0.29, 0.717) is 25.4 Å². The Hall–Kier alpha value is -2.37. The minimum Gasteiger partial charge on any atom is -0.340 e. The van der Waals surface area contributed by atoms with E-state index in [0.717, 1.165) is 57.9 Å². The van der Waals surface area contributed by atoms with Gasteiger partial charge in [0.2, 0.25) is 5.91 Å². The second-order valence-corrected chi connectivity index (χ2v) is 8.69. The van der Waals surface area contributed by atoms with Gasteiger partial charge in [0.15, 0.2) is 0 Å². The van der Waals surface area contributed by atoms with Gasteiger partial charge in [-0.3, -0.25) is 14.5 Å². The maximum atomic E-state index is 12.8. The number of nitrogens with one attached hydrogen (secondary N) is 1. The molecule has 1 aliphatic carbocycles. The van der Waals surface area contributed by atoms with Crippen molar-refractivity contribution in [2.75, 3.05) is 13.1 Å². The molecule has 6 nitrogen and oxygen atoms in total. The van der Waals surface area contributed by atoms with Gasteiger partial charge < -0.3 is 10.2 Å². The molecule has 4 rings (SSSR count). The molecule has 1 atom stereocenters. The fourth-order valence-corrected chi connectivity index (χ4v) is 5.17. The van der Waals surface area contributed by atoms with Gasteiger partial charge in [0.1, 0.15) is 5.54 Å². The van der Waals surface area contributed by atoms with Gasteiger partial charge in [-0.2, -0.15) is 0 Å². The smallest absolute Gasteiger partial charge is 0.325 e. The zero-order valence-electron chi connectivity index (χ0n) is 17.1. The lowest BCUT2D eigenvalue weighted by atomic mass is 9.98. The number of rotatable bonds is 7. The molecule has 2 aliphatic heterocycles. The van der Waals surface area contributed by atoms with Crippen LogP contribution in [-0.4, -0.2) is 52.3 Å². The highest BCUT2D eigenvalue weighted by atomic mass is 16.2. The predicted octanol–water partition coefficient (Wildman–Crippen LogP) is 3.26. The van der Waals surface area contributed by atoms with Crippen LogP contribution in [0.2, 0.25) is 0 Å². The van der Waals surface area contributed by atoms with Gasteiger partial charge in [-0.05, 0) is 50.5 Å². The molecule has 1 N–H and O–H groups in total. The summed E-state index contributed by atoms with van der Waals surface area (Å²) >= 11 is 0. The lowest BCUT2D eigenvalue weighted by molar-refractivity contribution is -0.134. The molecule has 156 valence electrons. The van der Waals surface area contributed by atoms with Crippen molar-refractivity contribution < 1.29 is 14.4 Å². The predicted molar refractivity (Wildman–Crippen MR) is 110 cm³/mol. The van der Waals surface area contributed by atoms with E-state index < -0.39 is 5.54 Å². The number of urea groups is 1. The van der Waals surface area contributed by atoms with Gasteiger partial charge in [-0.15, -0.1) is 0 Å². The molecule has 3 aliphatic rings. The Balaban J connectivity index is 1.25. The zero-order chi connectivity index (χ0) is 20.3. The summed E-state index contributed by atoms with van der Waals surface area (Å²) in [4.78, 5) is 41.1. The highest BCUT2D eigenvalue weighted by Gasteiger charge is 2.52. The number of hydrogen-bond acceptors (Lipinski definition) is 3. The Morgan fingerprint density at radius 3 is 2.62 bits per heavy atom. The number of nitrogens with zero attached hydrogens (tertiary/aromatic N) is 2. The number of hydrogen-bond donors (Lipinski definition) is 1. The van der Waals surface area contributed by atoms with E-state index in [1.165, 1.54) is 10.5 Å². The topological polar surface area (TPSA) is 69.7 Å². The quantitative estimate of drug-likeness (QED) is 0.718. The molecule has 1 saturated carbocycles. The Bertz CT molecular complexity index is 758. The van der Waals surface area contributed by atoms with E-state index >= 15 is 0 Å². The molecular weight excluding hydrogens is 366 g/mol. The van der Waals surface area contributed by atoms with E-state index in [2.05, 4.69) is 29.6 Å². The van der Waals surface area contributed by atoms with Crippen LogP contribution in [0.25, 0.3) is 0 Å². The number of imide groups is 1. The lowest BCUT2D eigenvalue weighted by Crippen LogP contribution is -2.44. The van der Waals surface area contributed by atoms with E-state index in [9.17, 15) is 14.4 Å². The largest absolute Gasteiger partial charge is 0.340 e. The molecule has 1 spiro atoms. The third kappa shape index (κ3) is 4.16. The van der Waals surface area contributed by atoms with Gasteiger partial charge in [0.25, 0.3) is 5.91 Å². The number of carbonyl (C=O) groups excluding carboxylic acids is 3. The summed E-state index contributed by atoms with van der Waals surface area (Å²) in [6, 6.07) is 10.4. The van der Waals surface area contributed by atoms with E-state index in [1.54, 1.807) is 0 Å². The average Bonchev–Trinajstić information content (AvgIpc) is 3.44. The fraction of sp³-hybridized carbons (Fsp3) is 0.609. The van der Waals surface area contributed by atoms with Crippen molar-refractivity contribution >= 4 is 17.8 Å². The first kappa shape index (κ1) is 19.9.